The van der Waals surface area contributed by atoms with E-state index in [1.807, 2.05) is 4.90 Å². The van der Waals surface area contributed by atoms with Crippen LogP contribution in [0, 0.1) is 0 Å². The Bertz CT molecular complexity index is 450. The zero-order valence-electron chi connectivity index (χ0n) is 10.8. The number of hydrogen-bond acceptors (Lipinski definition) is 2. The highest BCUT2D eigenvalue weighted by Crippen LogP contribution is 2.13. The summed E-state index contributed by atoms with van der Waals surface area (Å²) in [6.07, 6.45) is 3.31. The standard InChI is InChI=1S/C14H18N2O3/c17-13(18)10-11-4-6-12(7-5-11)15-14(19)16-8-2-1-3-9-16/h4-7H,1-3,8-10H2,(H,15,19)(H,17,18). The van der Waals surface area contributed by atoms with Crippen molar-refractivity contribution in [1.29, 1.82) is 0 Å². The summed E-state index contributed by atoms with van der Waals surface area (Å²) in [7, 11) is 0. The lowest BCUT2D eigenvalue weighted by molar-refractivity contribution is -0.136. The molecule has 5 nitrogen and oxygen atoms in total. The summed E-state index contributed by atoms with van der Waals surface area (Å²) < 4.78 is 0. The molecule has 1 aliphatic rings. The van der Waals surface area contributed by atoms with Crippen LogP contribution in [0.1, 0.15) is 24.8 Å². The predicted octanol–water partition coefficient (Wildman–Crippen LogP) is 2.33. The van der Waals surface area contributed by atoms with Gasteiger partial charge in [-0.3, -0.25) is 4.79 Å². The molecule has 1 fully saturated rings. The summed E-state index contributed by atoms with van der Waals surface area (Å²) in [5.74, 6) is -0.856. The highest BCUT2D eigenvalue weighted by molar-refractivity contribution is 5.89. The Morgan fingerprint density at radius 2 is 1.74 bits per heavy atom. The number of benzene rings is 1. The largest absolute Gasteiger partial charge is 0.481 e. The van der Waals surface area contributed by atoms with Crippen LogP contribution in [0.2, 0.25) is 0 Å². The minimum Gasteiger partial charge on any atom is -0.481 e. The van der Waals surface area contributed by atoms with E-state index in [4.69, 9.17) is 5.11 Å². The van der Waals surface area contributed by atoms with Crippen molar-refractivity contribution in [2.24, 2.45) is 0 Å². The first-order chi connectivity index (χ1) is 9.15. The van der Waals surface area contributed by atoms with Crippen molar-refractivity contribution >= 4 is 17.7 Å². The molecule has 2 amide bonds. The average Bonchev–Trinajstić information content (AvgIpc) is 2.41. The Morgan fingerprint density at radius 1 is 1.11 bits per heavy atom. The number of carboxylic acids is 1. The van der Waals surface area contributed by atoms with Gasteiger partial charge in [-0.05, 0) is 37.0 Å². The Hall–Kier alpha value is -2.04. The number of aliphatic carboxylic acids is 1. The third-order valence-corrected chi connectivity index (χ3v) is 3.20. The molecule has 1 aliphatic heterocycles. The Kier molecular flexibility index (Phi) is 4.39. The maximum absolute atomic E-state index is 12.0. The first kappa shape index (κ1) is 13.4. The van der Waals surface area contributed by atoms with Crippen LogP contribution in [0.4, 0.5) is 10.5 Å². The zero-order valence-corrected chi connectivity index (χ0v) is 10.8. The lowest BCUT2D eigenvalue weighted by atomic mass is 10.1. The fourth-order valence-corrected chi connectivity index (χ4v) is 2.18. The van der Waals surface area contributed by atoms with Crippen LogP contribution in [-0.4, -0.2) is 35.1 Å². The number of piperidine rings is 1. The number of nitrogens with one attached hydrogen (secondary N) is 1. The van der Waals surface area contributed by atoms with Crippen LogP contribution in [0.25, 0.3) is 0 Å². The van der Waals surface area contributed by atoms with Crippen LogP contribution in [0.3, 0.4) is 0 Å². The molecule has 0 radical (unpaired) electrons. The molecule has 1 aromatic carbocycles. The molecule has 0 aromatic heterocycles. The fraction of sp³-hybridized carbons (Fsp3) is 0.429. The van der Waals surface area contributed by atoms with E-state index >= 15 is 0 Å². The molecule has 19 heavy (non-hydrogen) atoms. The van der Waals surface area contributed by atoms with Gasteiger partial charge >= 0.3 is 12.0 Å². The van der Waals surface area contributed by atoms with Crippen LogP contribution in [0.15, 0.2) is 24.3 Å². The maximum atomic E-state index is 12.0. The lowest BCUT2D eigenvalue weighted by Crippen LogP contribution is -2.38. The zero-order chi connectivity index (χ0) is 13.7. The van der Waals surface area contributed by atoms with Gasteiger partial charge in [0.15, 0.2) is 0 Å². The normalized spacial score (nSPS) is 15.1. The molecule has 1 heterocycles. The minimum absolute atomic E-state index is 0.000349. The minimum atomic E-state index is -0.856. The average molecular weight is 262 g/mol. The van der Waals surface area contributed by atoms with Gasteiger partial charge in [-0.2, -0.15) is 0 Å². The highest BCUT2D eigenvalue weighted by Gasteiger charge is 2.16. The summed E-state index contributed by atoms with van der Waals surface area (Å²) in [4.78, 5) is 24.3. The number of likely N-dealkylation sites (tertiary alicyclic amines) is 1. The van der Waals surface area contributed by atoms with E-state index in [1.54, 1.807) is 24.3 Å². The molecule has 0 spiro atoms. The first-order valence-corrected chi connectivity index (χ1v) is 6.52. The van der Waals surface area contributed by atoms with Crippen LogP contribution in [-0.2, 0) is 11.2 Å². The fourth-order valence-electron chi connectivity index (χ4n) is 2.18. The van der Waals surface area contributed by atoms with E-state index in [0.717, 1.165) is 31.5 Å². The summed E-state index contributed by atoms with van der Waals surface area (Å²) >= 11 is 0. The van der Waals surface area contributed by atoms with Crippen molar-refractivity contribution in [2.75, 3.05) is 18.4 Å². The van der Waals surface area contributed by atoms with Gasteiger partial charge in [-0.15, -0.1) is 0 Å². The van der Waals surface area contributed by atoms with Crippen molar-refractivity contribution in [2.45, 2.75) is 25.7 Å². The molecule has 2 rings (SSSR count). The molecule has 5 heteroatoms. The van der Waals surface area contributed by atoms with Crippen LogP contribution >= 0.6 is 0 Å². The summed E-state index contributed by atoms with van der Waals surface area (Å²) in [6.45, 7) is 1.62. The molecule has 0 unspecified atom stereocenters. The van der Waals surface area contributed by atoms with Crippen molar-refractivity contribution in [3.8, 4) is 0 Å². The number of urea groups is 1. The lowest BCUT2D eigenvalue weighted by Gasteiger charge is -2.26. The number of carbonyl (C=O) groups is 2. The second-order valence-electron chi connectivity index (χ2n) is 4.75. The van der Waals surface area contributed by atoms with Crippen molar-refractivity contribution in [1.82, 2.24) is 4.90 Å². The Labute approximate surface area is 112 Å². The second-order valence-corrected chi connectivity index (χ2v) is 4.75. The molecule has 0 saturated carbocycles. The third-order valence-electron chi connectivity index (χ3n) is 3.20. The molecule has 2 N–H and O–H groups in total. The summed E-state index contributed by atoms with van der Waals surface area (Å²) in [5, 5.41) is 11.5. The molecule has 0 bridgehead atoms. The van der Waals surface area contributed by atoms with Crippen molar-refractivity contribution in [3.05, 3.63) is 29.8 Å². The van der Waals surface area contributed by atoms with Gasteiger partial charge in [0.25, 0.3) is 0 Å². The topological polar surface area (TPSA) is 69.6 Å². The van der Waals surface area contributed by atoms with Gasteiger partial charge in [-0.25, -0.2) is 4.79 Å². The van der Waals surface area contributed by atoms with E-state index in [2.05, 4.69) is 5.32 Å². The number of carbonyl (C=O) groups excluding carboxylic acids is 1. The molecule has 0 atom stereocenters. The predicted molar refractivity (Wildman–Crippen MR) is 72.2 cm³/mol. The van der Waals surface area contributed by atoms with Gasteiger partial charge in [0, 0.05) is 18.8 Å². The monoisotopic (exact) mass is 262 g/mol. The van der Waals surface area contributed by atoms with E-state index in [1.165, 1.54) is 6.42 Å². The molecule has 1 aromatic rings. The van der Waals surface area contributed by atoms with E-state index in [-0.39, 0.29) is 12.5 Å². The number of carboxylic acid groups (broad SMARTS) is 1. The maximum Gasteiger partial charge on any atom is 0.321 e. The summed E-state index contributed by atoms with van der Waals surface area (Å²) in [6, 6.07) is 6.84. The molecule has 1 saturated heterocycles. The van der Waals surface area contributed by atoms with E-state index in [0.29, 0.717) is 5.69 Å². The highest BCUT2D eigenvalue weighted by atomic mass is 16.4. The molecule has 102 valence electrons. The van der Waals surface area contributed by atoms with E-state index in [9.17, 15) is 9.59 Å². The first-order valence-electron chi connectivity index (χ1n) is 6.52. The van der Waals surface area contributed by atoms with Crippen molar-refractivity contribution in [3.63, 3.8) is 0 Å². The number of rotatable bonds is 3. The molecule has 0 aliphatic carbocycles. The SMILES string of the molecule is O=C(O)Cc1ccc(NC(=O)N2CCCCC2)cc1. The Morgan fingerprint density at radius 3 is 2.32 bits per heavy atom. The summed E-state index contributed by atoms with van der Waals surface area (Å²) in [5.41, 5.74) is 1.42. The molecular weight excluding hydrogens is 244 g/mol. The number of hydrogen-bond donors (Lipinski definition) is 2. The quantitative estimate of drug-likeness (QED) is 0.878. The van der Waals surface area contributed by atoms with Gasteiger partial charge in [0.1, 0.15) is 0 Å². The van der Waals surface area contributed by atoms with Gasteiger partial charge in [-0.1, -0.05) is 12.1 Å². The second kappa shape index (κ2) is 6.22. The van der Waals surface area contributed by atoms with Crippen LogP contribution in [0.5, 0.6) is 0 Å². The van der Waals surface area contributed by atoms with Gasteiger partial charge < -0.3 is 15.3 Å². The smallest absolute Gasteiger partial charge is 0.321 e. The van der Waals surface area contributed by atoms with Crippen molar-refractivity contribution < 1.29 is 14.7 Å². The number of amides is 2. The van der Waals surface area contributed by atoms with Gasteiger partial charge in [0.2, 0.25) is 0 Å². The number of nitrogens with zero attached hydrogens (tertiary/aromatic N) is 1. The third kappa shape index (κ3) is 3.98. The Balaban J connectivity index is 1.91. The van der Waals surface area contributed by atoms with Crippen LogP contribution < -0.4 is 5.32 Å². The number of anilines is 1. The van der Waals surface area contributed by atoms with Gasteiger partial charge in [0.05, 0.1) is 6.42 Å². The molecular formula is C14H18N2O3. The van der Waals surface area contributed by atoms with E-state index < -0.39 is 5.97 Å².